The molecule has 1 aliphatic heterocycles. The molecular weight excluding hydrogens is 390 g/mol. The van der Waals surface area contributed by atoms with Gasteiger partial charge in [-0.2, -0.15) is 4.68 Å². The van der Waals surface area contributed by atoms with E-state index in [1.54, 1.807) is 28.9 Å². The molecule has 0 bridgehead atoms. The number of para-hydroxylation sites is 1. The zero-order valence-electron chi connectivity index (χ0n) is 16.2. The van der Waals surface area contributed by atoms with Crippen molar-refractivity contribution < 1.29 is 13.2 Å². The summed E-state index contributed by atoms with van der Waals surface area (Å²) in [5, 5.41) is 8.41. The van der Waals surface area contributed by atoms with Crippen LogP contribution in [0.5, 0.6) is 0 Å². The lowest BCUT2D eigenvalue weighted by Crippen LogP contribution is -2.41. The third-order valence-electron chi connectivity index (χ3n) is 4.86. The molecule has 9 heteroatoms. The van der Waals surface area contributed by atoms with Crippen molar-refractivity contribution in [2.45, 2.75) is 11.8 Å². The monoisotopic (exact) mass is 413 g/mol. The van der Waals surface area contributed by atoms with E-state index in [0.717, 1.165) is 29.7 Å². The fourth-order valence-corrected chi connectivity index (χ4v) is 4.20. The number of benzene rings is 2. The Labute approximate surface area is 169 Å². The van der Waals surface area contributed by atoms with E-state index in [9.17, 15) is 8.42 Å². The Kier molecular flexibility index (Phi) is 5.70. The summed E-state index contributed by atoms with van der Waals surface area (Å²) < 4.78 is 32.6. The van der Waals surface area contributed by atoms with Crippen LogP contribution in [0.3, 0.4) is 0 Å². The zero-order chi connectivity index (χ0) is 20.3. The maximum Gasteiger partial charge on any atom is 0.198 e. The van der Waals surface area contributed by atoms with E-state index < -0.39 is 9.84 Å². The molecule has 0 radical (unpaired) electrons. The second-order valence-electron chi connectivity index (χ2n) is 7.01. The summed E-state index contributed by atoms with van der Waals surface area (Å²) in [6.45, 7) is 5.21. The predicted octanol–water partition coefficient (Wildman–Crippen LogP) is 1.75. The molecule has 2 heterocycles. The Bertz CT molecular complexity index is 1120. The molecule has 0 unspecified atom stereocenters. The summed E-state index contributed by atoms with van der Waals surface area (Å²) >= 11 is 0. The normalized spacial score (nSPS) is 16.4. The number of aliphatic imine (C=N–C) groups is 1. The van der Waals surface area contributed by atoms with E-state index in [-0.39, 0.29) is 10.8 Å². The SMILES string of the molecule is Cc1ccc(S(=O)(=O)CN=C(CN2CCOCC2)n2nnc3ccccc32)cc1. The Morgan fingerprint density at radius 3 is 2.59 bits per heavy atom. The second-order valence-corrected chi connectivity index (χ2v) is 8.97. The zero-order valence-corrected chi connectivity index (χ0v) is 17.0. The Morgan fingerprint density at radius 1 is 1.10 bits per heavy atom. The number of ether oxygens (including phenoxy) is 1. The fraction of sp³-hybridized carbons (Fsp3) is 0.350. The fourth-order valence-electron chi connectivity index (χ4n) is 3.18. The molecule has 1 fully saturated rings. The summed E-state index contributed by atoms with van der Waals surface area (Å²) in [5.41, 5.74) is 2.55. The van der Waals surface area contributed by atoms with Crippen LogP contribution < -0.4 is 0 Å². The standard InChI is InChI=1S/C20H23N5O3S/c1-16-6-8-17(9-7-16)29(26,27)15-21-20(14-24-10-12-28-13-11-24)25-19-5-3-2-4-18(19)22-23-25/h2-9H,10-15H2,1H3. The van der Waals surface area contributed by atoms with Gasteiger partial charge in [-0.3, -0.25) is 9.89 Å². The highest BCUT2D eigenvalue weighted by Gasteiger charge is 2.19. The molecule has 152 valence electrons. The van der Waals surface area contributed by atoms with E-state index in [1.807, 2.05) is 31.2 Å². The molecule has 0 saturated carbocycles. The summed E-state index contributed by atoms with van der Waals surface area (Å²) in [7, 11) is -3.55. The van der Waals surface area contributed by atoms with Crippen LogP contribution in [0.2, 0.25) is 0 Å². The van der Waals surface area contributed by atoms with Gasteiger partial charge in [0.25, 0.3) is 0 Å². The van der Waals surface area contributed by atoms with Gasteiger partial charge >= 0.3 is 0 Å². The van der Waals surface area contributed by atoms with Gasteiger partial charge in [0.05, 0.1) is 30.2 Å². The van der Waals surface area contributed by atoms with Crippen LogP contribution in [-0.2, 0) is 14.6 Å². The molecule has 8 nitrogen and oxygen atoms in total. The van der Waals surface area contributed by atoms with Gasteiger partial charge in [0, 0.05) is 13.1 Å². The number of sulfone groups is 1. The molecular formula is C20H23N5O3S. The van der Waals surface area contributed by atoms with Crippen molar-refractivity contribution in [3.8, 4) is 0 Å². The van der Waals surface area contributed by atoms with Gasteiger partial charge in [-0.05, 0) is 31.2 Å². The molecule has 1 aromatic heterocycles. The lowest BCUT2D eigenvalue weighted by Gasteiger charge is -2.26. The van der Waals surface area contributed by atoms with E-state index in [1.165, 1.54) is 0 Å². The van der Waals surface area contributed by atoms with Crippen molar-refractivity contribution in [2.24, 2.45) is 4.99 Å². The summed E-state index contributed by atoms with van der Waals surface area (Å²) in [5.74, 6) is 0.209. The van der Waals surface area contributed by atoms with Gasteiger partial charge in [-0.25, -0.2) is 8.42 Å². The topological polar surface area (TPSA) is 89.7 Å². The highest BCUT2D eigenvalue weighted by atomic mass is 32.2. The highest BCUT2D eigenvalue weighted by Crippen LogP contribution is 2.14. The number of hydrogen-bond donors (Lipinski definition) is 0. The van der Waals surface area contributed by atoms with E-state index in [4.69, 9.17) is 4.74 Å². The van der Waals surface area contributed by atoms with Crippen molar-refractivity contribution >= 4 is 26.7 Å². The maximum absolute atomic E-state index is 12.8. The number of aryl methyl sites for hydroxylation is 1. The van der Waals surface area contributed by atoms with Gasteiger partial charge in [0.2, 0.25) is 0 Å². The van der Waals surface area contributed by atoms with E-state index >= 15 is 0 Å². The molecule has 0 aliphatic carbocycles. The number of nitrogens with zero attached hydrogens (tertiary/aromatic N) is 5. The van der Waals surface area contributed by atoms with Gasteiger partial charge in [-0.1, -0.05) is 35.0 Å². The molecule has 0 amide bonds. The smallest absolute Gasteiger partial charge is 0.198 e. The van der Waals surface area contributed by atoms with Gasteiger partial charge in [-0.15, -0.1) is 5.10 Å². The van der Waals surface area contributed by atoms with Crippen LogP contribution in [0.15, 0.2) is 58.4 Å². The third kappa shape index (κ3) is 4.52. The van der Waals surface area contributed by atoms with Crippen molar-refractivity contribution in [2.75, 3.05) is 38.7 Å². The second kappa shape index (κ2) is 8.40. The quantitative estimate of drug-likeness (QED) is 0.468. The minimum atomic E-state index is -3.55. The van der Waals surface area contributed by atoms with Crippen LogP contribution in [0, 0.1) is 6.92 Å². The van der Waals surface area contributed by atoms with Crippen LogP contribution in [0.1, 0.15) is 5.56 Å². The van der Waals surface area contributed by atoms with Crippen LogP contribution in [-0.4, -0.2) is 72.9 Å². The lowest BCUT2D eigenvalue weighted by molar-refractivity contribution is 0.0449. The highest BCUT2D eigenvalue weighted by molar-refractivity contribution is 7.91. The Balaban J connectivity index is 1.66. The van der Waals surface area contributed by atoms with E-state index in [0.29, 0.717) is 25.6 Å². The Hall–Kier alpha value is -2.62. The maximum atomic E-state index is 12.8. The number of fused-ring (bicyclic) bond motifs is 1. The van der Waals surface area contributed by atoms with Gasteiger partial charge in [0.15, 0.2) is 9.84 Å². The van der Waals surface area contributed by atoms with E-state index in [2.05, 4.69) is 20.2 Å². The minimum absolute atomic E-state index is 0.265. The summed E-state index contributed by atoms with van der Waals surface area (Å²) in [6.07, 6.45) is 0. The van der Waals surface area contributed by atoms with Crippen LogP contribution in [0.4, 0.5) is 0 Å². The van der Waals surface area contributed by atoms with Crippen LogP contribution >= 0.6 is 0 Å². The average molecular weight is 414 g/mol. The number of morpholine rings is 1. The summed E-state index contributed by atoms with van der Waals surface area (Å²) in [4.78, 5) is 6.93. The number of aromatic nitrogens is 3. The van der Waals surface area contributed by atoms with Crippen LogP contribution in [0.25, 0.3) is 11.0 Å². The first-order valence-corrected chi connectivity index (χ1v) is 11.1. The molecule has 4 rings (SSSR count). The van der Waals surface area contributed by atoms with Gasteiger partial charge in [0.1, 0.15) is 17.2 Å². The number of hydrogen-bond acceptors (Lipinski definition) is 7. The number of rotatable bonds is 5. The molecule has 1 saturated heterocycles. The Morgan fingerprint density at radius 2 is 1.83 bits per heavy atom. The minimum Gasteiger partial charge on any atom is -0.379 e. The van der Waals surface area contributed by atoms with Crippen molar-refractivity contribution in [3.05, 3.63) is 54.1 Å². The first-order chi connectivity index (χ1) is 14.0. The van der Waals surface area contributed by atoms with Crippen molar-refractivity contribution in [1.29, 1.82) is 0 Å². The third-order valence-corrected chi connectivity index (χ3v) is 6.32. The largest absolute Gasteiger partial charge is 0.379 e. The average Bonchev–Trinajstić information content (AvgIpc) is 3.16. The molecule has 0 N–H and O–H groups in total. The lowest BCUT2D eigenvalue weighted by atomic mass is 10.2. The molecule has 1 aliphatic rings. The first-order valence-electron chi connectivity index (χ1n) is 9.47. The molecule has 0 atom stereocenters. The molecule has 29 heavy (non-hydrogen) atoms. The van der Waals surface area contributed by atoms with Crippen molar-refractivity contribution in [1.82, 2.24) is 19.9 Å². The summed E-state index contributed by atoms with van der Waals surface area (Å²) in [6, 6.07) is 14.4. The van der Waals surface area contributed by atoms with Crippen molar-refractivity contribution in [3.63, 3.8) is 0 Å². The molecule has 2 aromatic carbocycles. The van der Waals surface area contributed by atoms with Gasteiger partial charge < -0.3 is 4.74 Å². The first kappa shape index (κ1) is 19.7. The molecule has 3 aromatic rings. The predicted molar refractivity (Wildman–Crippen MR) is 111 cm³/mol. The molecule has 0 spiro atoms.